The Kier molecular flexibility index (Phi) is 7.22. The van der Waals surface area contributed by atoms with Crippen LogP contribution in [0.5, 0.6) is 0 Å². The summed E-state index contributed by atoms with van der Waals surface area (Å²) in [7, 11) is 1.54. The molecule has 0 fully saturated rings. The number of carboxylic acid groups (broad SMARTS) is 1. The summed E-state index contributed by atoms with van der Waals surface area (Å²) >= 11 is 0. The van der Waals surface area contributed by atoms with Gasteiger partial charge in [-0.2, -0.15) is 26.3 Å². The van der Waals surface area contributed by atoms with Gasteiger partial charge in [0.15, 0.2) is 5.65 Å². The average Bonchev–Trinajstić information content (AvgIpc) is 2.82. The smallest absolute Gasteiger partial charge is 0.418 e. The molecule has 198 valence electrons. The summed E-state index contributed by atoms with van der Waals surface area (Å²) < 4.78 is 79.5. The van der Waals surface area contributed by atoms with Gasteiger partial charge < -0.3 is 10.4 Å². The highest BCUT2D eigenvalue weighted by Gasteiger charge is 2.34. The van der Waals surface area contributed by atoms with E-state index in [0.717, 1.165) is 24.3 Å². The minimum atomic E-state index is -4.68. The third-order valence-corrected chi connectivity index (χ3v) is 5.41. The van der Waals surface area contributed by atoms with Crippen LogP contribution in [0, 0.1) is 0 Å². The topological polar surface area (TPSA) is 91.2 Å². The van der Waals surface area contributed by atoms with E-state index in [-0.39, 0.29) is 24.4 Å². The number of rotatable bonds is 7. The highest BCUT2D eigenvalue weighted by atomic mass is 19.4. The largest absolute Gasteiger partial charge is 0.480 e. The summed E-state index contributed by atoms with van der Waals surface area (Å²) in [6, 6.07) is 10.7. The summed E-state index contributed by atoms with van der Waals surface area (Å²) in [4.78, 5) is 25.1. The first-order chi connectivity index (χ1) is 17.8. The van der Waals surface area contributed by atoms with E-state index >= 15 is 0 Å². The lowest BCUT2D eigenvalue weighted by Crippen LogP contribution is -2.25. The van der Waals surface area contributed by atoms with Crippen LogP contribution < -0.4 is 5.32 Å². The number of carboxylic acids is 1. The van der Waals surface area contributed by atoms with Crippen LogP contribution in [-0.4, -0.2) is 44.5 Å². The lowest BCUT2D eigenvalue weighted by Gasteiger charge is -2.17. The first-order valence-corrected chi connectivity index (χ1v) is 11.0. The van der Waals surface area contributed by atoms with Gasteiger partial charge in [-0.25, -0.2) is 9.97 Å². The normalized spacial score (nSPS) is 12.2. The molecule has 0 saturated heterocycles. The molecule has 3 aromatic heterocycles. The molecule has 0 bridgehead atoms. The zero-order valence-corrected chi connectivity index (χ0v) is 19.6. The van der Waals surface area contributed by atoms with Gasteiger partial charge in [0.1, 0.15) is 5.69 Å². The number of benzene rings is 1. The van der Waals surface area contributed by atoms with Gasteiger partial charge in [0.25, 0.3) is 0 Å². The lowest BCUT2D eigenvalue weighted by molar-refractivity contribution is -0.138. The molecule has 0 unspecified atom stereocenters. The second-order valence-corrected chi connectivity index (χ2v) is 8.39. The lowest BCUT2D eigenvalue weighted by atomic mass is 10.1. The minimum Gasteiger partial charge on any atom is -0.480 e. The molecule has 1 aromatic carbocycles. The Morgan fingerprint density at radius 2 is 1.68 bits per heavy atom. The molecule has 0 aliphatic rings. The van der Waals surface area contributed by atoms with Crippen molar-refractivity contribution in [2.24, 2.45) is 0 Å². The van der Waals surface area contributed by atoms with Crippen molar-refractivity contribution in [3.05, 3.63) is 77.6 Å². The van der Waals surface area contributed by atoms with Gasteiger partial charge >= 0.3 is 18.3 Å². The Balaban J connectivity index is 1.80. The van der Waals surface area contributed by atoms with Gasteiger partial charge in [0, 0.05) is 23.8 Å². The van der Waals surface area contributed by atoms with Gasteiger partial charge in [0.2, 0.25) is 0 Å². The molecule has 0 radical (unpaired) electrons. The summed E-state index contributed by atoms with van der Waals surface area (Å²) in [6.07, 6.45) is -7.98. The van der Waals surface area contributed by atoms with Crippen molar-refractivity contribution < 1.29 is 36.2 Å². The zero-order valence-electron chi connectivity index (χ0n) is 19.6. The van der Waals surface area contributed by atoms with Crippen LogP contribution in [0.1, 0.15) is 16.8 Å². The Morgan fingerprint density at radius 3 is 2.32 bits per heavy atom. The second kappa shape index (κ2) is 10.2. The molecule has 4 aromatic rings. The summed E-state index contributed by atoms with van der Waals surface area (Å²) in [5, 5.41) is 12.4. The van der Waals surface area contributed by atoms with Crippen molar-refractivity contribution >= 4 is 28.4 Å². The zero-order chi connectivity index (χ0) is 27.7. The Labute approximate surface area is 211 Å². The SMILES string of the molecule is CN(CC(=O)O)Cc1cc(Nc2ccc(C(F)(F)F)cc2)c2ccc(-c3ncccc3C(F)(F)F)nc2n1. The molecular formula is C25H19F6N5O2. The van der Waals surface area contributed by atoms with Crippen molar-refractivity contribution in [1.82, 2.24) is 19.9 Å². The van der Waals surface area contributed by atoms with Crippen LogP contribution >= 0.6 is 0 Å². The predicted molar refractivity (Wildman–Crippen MR) is 126 cm³/mol. The standard InChI is InChI=1S/C25H19F6N5O2/c1-36(13-21(37)38)12-16-11-20(33-15-6-4-14(5-7-15)24(26,27)28)17-8-9-19(35-23(17)34-16)22-18(25(29,30)31)3-2-10-32-22/h2-11H,12-13H2,1H3,(H,37,38)(H,33,34,35). The van der Waals surface area contributed by atoms with E-state index < -0.39 is 35.1 Å². The van der Waals surface area contributed by atoms with E-state index in [0.29, 0.717) is 22.5 Å². The Bertz CT molecular complexity index is 1470. The Morgan fingerprint density at radius 1 is 0.974 bits per heavy atom. The van der Waals surface area contributed by atoms with Crippen molar-refractivity contribution in [2.45, 2.75) is 18.9 Å². The number of aromatic nitrogens is 3. The van der Waals surface area contributed by atoms with Gasteiger partial charge in [0.05, 0.1) is 34.7 Å². The third kappa shape index (κ3) is 6.17. The van der Waals surface area contributed by atoms with Crippen LogP contribution in [0.2, 0.25) is 0 Å². The number of aliphatic carboxylic acids is 1. The highest BCUT2D eigenvalue weighted by Crippen LogP contribution is 2.36. The van der Waals surface area contributed by atoms with E-state index in [1.807, 2.05) is 0 Å². The molecule has 0 atom stereocenters. The fraction of sp³-hybridized carbons (Fsp3) is 0.200. The highest BCUT2D eigenvalue weighted by molar-refractivity contribution is 5.92. The van der Waals surface area contributed by atoms with Crippen LogP contribution in [0.25, 0.3) is 22.4 Å². The minimum absolute atomic E-state index is 0.0388. The fourth-order valence-corrected chi connectivity index (χ4v) is 3.77. The van der Waals surface area contributed by atoms with Crippen LogP contribution in [0.15, 0.2) is 60.8 Å². The Hall–Kier alpha value is -4.26. The summed E-state index contributed by atoms with van der Waals surface area (Å²) in [5.41, 5.74) is -1.25. The number of hydrogen-bond acceptors (Lipinski definition) is 6. The maximum atomic E-state index is 13.6. The van der Waals surface area contributed by atoms with E-state index in [9.17, 15) is 31.1 Å². The molecule has 2 N–H and O–H groups in total. The number of alkyl halides is 6. The quantitative estimate of drug-likeness (QED) is 0.281. The van der Waals surface area contributed by atoms with Crippen molar-refractivity contribution in [2.75, 3.05) is 18.9 Å². The number of nitrogens with one attached hydrogen (secondary N) is 1. The second-order valence-electron chi connectivity index (χ2n) is 8.39. The summed E-state index contributed by atoms with van der Waals surface area (Å²) in [6.45, 7) is -0.259. The van der Waals surface area contributed by atoms with E-state index in [4.69, 9.17) is 5.11 Å². The molecule has 7 nitrogen and oxygen atoms in total. The number of carbonyl (C=O) groups is 1. The molecule has 0 aliphatic heterocycles. The molecule has 0 amide bonds. The maximum absolute atomic E-state index is 13.6. The molecule has 38 heavy (non-hydrogen) atoms. The molecule has 13 heteroatoms. The maximum Gasteiger partial charge on any atom is 0.418 e. The molecule has 3 heterocycles. The first-order valence-electron chi connectivity index (χ1n) is 11.0. The van der Waals surface area contributed by atoms with Crippen molar-refractivity contribution in [1.29, 1.82) is 0 Å². The number of nitrogens with zero attached hydrogens (tertiary/aromatic N) is 4. The van der Waals surface area contributed by atoms with Crippen LogP contribution in [0.3, 0.4) is 0 Å². The summed E-state index contributed by atoms with van der Waals surface area (Å²) in [5.74, 6) is -1.08. The van der Waals surface area contributed by atoms with E-state index in [1.54, 1.807) is 6.07 Å². The van der Waals surface area contributed by atoms with Gasteiger partial charge in [-0.1, -0.05) is 0 Å². The number of likely N-dealkylation sites (N-methyl/N-ethyl adjacent to an activating group) is 1. The predicted octanol–water partition coefficient (Wildman–Crippen LogP) is 5.99. The third-order valence-electron chi connectivity index (χ3n) is 5.41. The molecule has 4 rings (SSSR count). The number of pyridine rings is 3. The number of fused-ring (bicyclic) bond motifs is 1. The monoisotopic (exact) mass is 535 g/mol. The molecular weight excluding hydrogens is 516 g/mol. The van der Waals surface area contributed by atoms with Gasteiger partial charge in [-0.15, -0.1) is 0 Å². The first kappa shape index (κ1) is 26.8. The van der Waals surface area contributed by atoms with E-state index in [1.165, 1.54) is 42.4 Å². The van der Waals surface area contributed by atoms with Crippen molar-refractivity contribution in [3.63, 3.8) is 0 Å². The van der Waals surface area contributed by atoms with Crippen LogP contribution in [-0.2, 0) is 23.7 Å². The average molecular weight is 535 g/mol. The van der Waals surface area contributed by atoms with Gasteiger partial charge in [-0.05, 0) is 61.6 Å². The number of halogens is 6. The fourth-order valence-electron chi connectivity index (χ4n) is 3.77. The number of hydrogen-bond donors (Lipinski definition) is 2. The van der Waals surface area contributed by atoms with Crippen molar-refractivity contribution in [3.8, 4) is 11.4 Å². The molecule has 0 saturated carbocycles. The number of anilines is 2. The van der Waals surface area contributed by atoms with Crippen LogP contribution in [0.4, 0.5) is 37.7 Å². The van der Waals surface area contributed by atoms with Gasteiger partial charge in [-0.3, -0.25) is 14.7 Å². The molecule has 0 aliphatic carbocycles. The van der Waals surface area contributed by atoms with E-state index in [2.05, 4.69) is 20.3 Å². The molecule has 0 spiro atoms.